The Morgan fingerprint density at radius 2 is 1.85 bits per heavy atom. The zero-order valence-electron chi connectivity index (χ0n) is 12.0. The van der Waals surface area contributed by atoms with Gasteiger partial charge in [0.15, 0.2) is 11.6 Å². The maximum absolute atomic E-state index is 12.1. The van der Waals surface area contributed by atoms with Crippen molar-refractivity contribution in [2.24, 2.45) is 11.8 Å². The highest BCUT2D eigenvalue weighted by Gasteiger charge is 2.39. The van der Waals surface area contributed by atoms with Gasteiger partial charge in [-0.1, -0.05) is 6.92 Å². The molecule has 4 N–H and O–H groups in total. The number of hydrogen-bond acceptors (Lipinski definition) is 6. The summed E-state index contributed by atoms with van der Waals surface area (Å²) >= 11 is 0. The molecule has 0 aromatic heterocycles. The standard InChI is InChI=1S/C14H24N2O4/c1-7(12(18)14(20)9-5-15-6-9)3-10-4-11(16-10)13(19)8(2)17/h7,9-11,13-16,19-20H,3-6H2,1-2H3. The van der Waals surface area contributed by atoms with Crippen LogP contribution in [0, 0.1) is 11.8 Å². The van der Waals surface area contributed by atoms with Gasteiger partial charge in [-0.25, -0.2) is 0 Å². The Balaban J connectivity index is 1.72. The van der Waals surface area contributed by atoms with Gasteiger partial charge >= 0.3 is 0 Å². The van der Waals surface area contributed by atoms with Crippen LogP contribution in [0.2, 0.25) is 0 Å². The zero-order valence-corrected chi connectivity index (χ0v) is 12.0. The molecule has 0 spiro atoms. The normalized spacial score (nSPS) is 30.8. The predicted octanol–water partition coefficient (Wildman–Crippen LogP) is -1.16. The van der Waals surface area contributed by atoms with Gasteiger partial charge in [0.05, 0.1) is 0 Å². The van der Waals surface area contributed by atoms with E-state index in [2.05, 4.69) is 10.6 Å². The van der Waals surface area contributed by atoms with E-state index in [1.807, 2.05) is 6.92 Å². The van der Waals surface area contributed by atoms with E-state index < -0.39 is 12.2 Å². The molecule has 2 heterocycles. The summed E-state index contributed by atoms with van der Waals surface area (Å²) in [6.45, 7) is 4.60. The second-order valence-corrected chi connectivity index (χ2v) is 6.16. The lowest BCUT2D eigenvalue weighted by Crippen LogP contribution is -2.60. The van der Waals surface area contributed by atoms with E-state index >= 15 is 0 Å². The van der Waals surface area contributed by atoms with Gasteiger partial charge in [-0.3, -0.25) is 9.59 Å². The first-order valence-electron chi connectivity index (χ1n) is 7.27. The van der Waals surface area contributed by atoms with E-state index in [0.29, 0.717) is 25.9 Å². The van der Waals surface area contributed by atoms with Gasteiger partial charge in [-0.05, 0) is 19.8 Å². The quantitative estimate of drug-likeness (QED) is 0.471. The molecular formula is C14H24N2O4. The molecule has 0 saturated carbocycles. The SMILES string of the molecule is CC(=O)C(O)C1CC(CC(C)C(=O)C(O)C2CNC2)N1. The van der Waals surface area contributed by atoms with Crippen LogP contribution in [0.5, 0.6) is 0 Å². The molecule has 5 atom stereocenters. The Morgan fingerprint density at radius 1 is 1.25 bits per heavy atom. The number of aliphatic hydroxyl groups is 2. The largest absolute Gasteiger partial charge is 0.385 e. The average molecular weight is 284 g/mol. The van der Waals surface area contributed by atoms with Crippen molar-refractivity contribution in [3.8, 4) is 0 Å². The number of carbonyl (C=O) groups excluding carboxylic acids is 2. The molecule has 114 valence electrons. The minimum atomic E-state index is -0.955. The molecule has 2 saturated heterocycles. The number of rotatable bonds is 7. The highest BCUT2D eigenvalue weighted by Crippen LogP contribution is 2.24. The van der Waals surface area contributed by atoms with E-state index in [9.17, 15) is 19.8 Å². The van der Waals surface area contributed by atoms with E-state index in [0.717, 1.165) is 0 Å². The Kier molecular flexibility index (Phi) is 4.90. The van der Waals surface area contributed by atoms with Crippen LogP contribution < -0.4 is 10.6 Å². The van der Waals surface area contributed by atoms with Gasteiger partial charge in [0.25, 0.3) is 0 Å². The molecular weight excluding hydrogens is 260 g/mol. The molecule has 2 aliphatic heterocycles. The minimum Gasteiger partial charge on any atom is -0.385 e. The fraction of sp³-hybridized carbons (Fsp3) is 0.857. The molecule has 6 heteroatoms. The van der Waals surface area contributed by atoms with Crippen molar-refractivity contribution in [1.82, 2.24) is 10.6 Å². The molecule has 0 amide bonds. The Labute approximate surface area is 118 Å². The lowest BCUT2D eigenvalue weighted by molar-refractivity contribution is -0.135. The van der Waals surface area contributed by atoms with Gasteiger partial charge in [0.2, 0.25) is 0 Å². The number of aliphatic hydroxyl groups excluding tert-OH is 2. The van der Waals surface area contributed by atoms with Gasteiger partial charge < -0.3 is 20.8 Å². The summed E-state index contributed by atoms with van der Waals surface area (Å²) in [6, 6.07) is -0.0553. The summed E-state index contributed by atoms with van der Waals surface area (Å²) in [6.07, 6.45) is -0.495. The molecule has 20 heavy (non-hydrogen) atoms. The molecule has 0 bridgehead atoms. The molecule has 0 radical (unpaired) electrons. The number of nitrogens with one attached hydrogen (secondary N) is 2. The van der Waals surface area contributed by atoms with E-state index in [4.69, 9.17) is 0 Å². The van der Waals surface area contributed by atoms with E-state index in [-0.39, 0.29) is 35.5 Å². The molecule has 0 aliphatic carbocycles. The fourth-order valence-corrected chi connectivity index (χ4v) is 2.85. The maximum Gasteiger partial charge on any atom is 0.164 e. The number of carbonyl (C=O) groups is 2. The summed E-state index contributed by atoms with van der Waals surface area (Å²) < 4.78 is 0. The summed E-state index contributed by atoms with van der Waals surface area (Å²) in [5, 5.41) is 25.7. The molecule has 0 aromatic rings. The first kappa shape index (κ1) is 15.6. The van der Waals surface area contributed by atoms with Crippen LogP contribution in [0.4, 0.5) is 0 Å². The van der Waals surface area contributed by atoms with E-state index in [1.54, 1.807) is 0 Å². The molecule has 2 rings (SSSR count). The highest BCUT2D eigenvalue weighted by atomic mass is 16.3. The van der Waals surface area contributed by atoms with Gasteiger partial charge in [-0.2, -0.15) is 0 Å². The molecule has 6 nitrogen and oxygen atoms in total. The van der Waals surface area contributed by atoms with Crippen LogP contribution in [0.3, 0.4) is 0 Å². The lowest BCUT2D eigenvalue weighted by Gasteiger charge is -2.41. The smallest absolute Gasteiger partial charge is 0.164 e. The van der Waals surface area contributed by atoms with Crippen molar-refractivity contribution < 1.29 is 19.8 Å². The first-order valence-corrected chi connectivity index (χ1v) is 7.27. The molecule has 0 aromatic carbocycles. The lowest BCUT2D eigenvalue weighted by atomic mass is 9.81. The van der Waals surface area contributed by atoms with Crippen molar-refractivity contribution in [2.45, 2.75) is 51.0 Å². The average Bonchev–Trinajstić information content (AvgIpc) is 2.28. The van der Waals surface area contributed by atoms with Crippen molar-refractivity contribution >= 4 is 11.6 Å². The van der Waals surface area contributed by atoms with Gasteiger partial charge in [-0.15, -0.1) is 0 Å². The zero-order chi connectivity index (χ0) is 14.9. The van der Waals surface area contributed by atoms with Crippen LogP contribution in [0.25, 0.3) is 0 Å². The minimum absolute atomic E-state index is 0.0478. The first-order chi connectivity index (χ1) is 9.40. The van der Waals surface area contributed by atoms with Crippen LogP contribution in [0.1, 0.15) is 26.7 Å². The number of hydrogen-bond donors (Lipinski definition) is 4. The van der Waals surface area contributed by atoms with Crippen molar-refractivity contribution in [3.05, 3.63) is 0 Å². The molecule has 2 fully saturated rings. The predicted molar refractivity (Wildman–Crippen MR) is 73.2 cm³/mol. The summed E-state index contributed by atoms with van der Waals surface area (Å²) in [5.74, 6) is -0.503. The Bertz CT molecular complexity index is 377. The van der Waals surface area contributed by atoms with Crippen molar-refractivity contribution in [1.29, 1.82) is 0 Å². The Hall–Kier alpha value is -0.820. The van der Waals surface area contributed by atoms with Crippen molar-refractivity contribution in [3.63, 3.8) is 0 Å². The third-order valence-corrected chi connectivity index (χ3v) is 4.46. The third-order valence-electron chi connectivity index (χ3n) is 4.46. The van der Waals surface area contributed by atoms with Crippen LogP contribution in [-0.4, -0.2) is 59.2 Å². The monoisotopic (exact) mass is 284 g/mol. The summed E-state index contributed by atoms with van der Waals surface area (Å²) in [5.41, 5.74) is 0. The second-order valence-electron chi connectivity index (χ2n) is 6.16. The summed E-state index contributed by atoms with van der Waals surface area (Å²) in [7, 11) is 0. The second kappa shape index (κ2) is 6.30. The van der Waals surface area contributed by atoms with Gasteiger partial charge in [0, 0.05) is 37.0 Å². The molecule has 2 aliphatic rings. The third kappa shape index (κ3) is 3.25. The summed E-state index contributed by atoms with van der Waals surface area (Å²) in [4.78, 5) is 23.1. The van der Waals surface area contributed by atoms with Gasteiger partial charge in [0.1, 0.15) is 12.2 Å². The van der Waals surface area contributed by atoms with Crippen LogP contribution in [0.15, 0.2) is 0 Å². The topological polar surface area (TPSA) is 98.7 Å². The number of ketones is 2. The van der Waals surface area contributed by atoms with Crippen LogP contribution in [-0.2, 0) is 9.59 Å². The number of Topliss-reactive ketones (excluding diaryl/α,β-unsaturated/α-hetero) is 2. The van der Waals surface area contributed by atoms with E-state index in [1.165, 1.54) is 6.92 Å². The van der Waals surface area contributed by atoms with Crippen molar-refractivity contribution in [2.75, 3.05) is 13.1 Å². The maximum atomic E-state index is 12.1. The molecule has 5 unspecified atom stereocenters. The highest BCUT2D eigenvalue weighted by molar-refractivity contribution is 5.85. The fourth-order valence-electron chi connectivity index (χ4n) is 2.85. The Morgan fingerprint density at radius 3 is 2.30 bits per heavy atom. The van der Waals surface area contributed by atoms with Crippen LogP contribution >= 0.6 is 0 Å².